The number of ether oxygens (including phenoxy) is 2. The Morgan fingerprint density at radius 1 is 0.923 bits per heavy atom. The predicted octanol–water partition coefficient (Wildman–Crippen LogP) is 4.78. The van der Waals surface area contributed by atoms with Crippen LogP contribution < -0.4 is 0 Å². The van der Waals surface area contributed by atoms with Gasteiger partial charge in [-0.1, -0.05) is 86.7 Å². The molecule has 0 fully saturated rings. The highest BCUT2D eigenvalue weighted by Gasteiger charge is 2.22. The second-order valence-electron chi connectivity index (χ2n) is 6.78. The van der Waals surface area contributed by atoms with Gasteiger partial charge in [-0.05, 0) is 11.1 Å². The summed E-state index contributed by atoms with van der Waals surface area (Å²) in [4.78, 5) is 0. The number of hydrogen-bond donors (Lipinski definition) is 1. The van der Waals surface area contributed by atoms with E-state index >= 15 is 0 Å². The second kappa shape index (κ2) is 10.9. The molecule has 0 saturated heterocycles. The third kappa shape index (κ3) is 6.41. The van der Waals surface area contributed by atoms with E-state index in [0.29, 0.717) is 13.2 Å². The van der Waals surface area contributed by atoms with Gasteiger partial charge in [-0.2, -0.15) is 0 Å². The van der Waals surface area contributed by atoms with Gasteiger partial charge in [0.2, 0.25) is 0 Å². The van der Waals surface area contributed by atoms with Crippen LogP contribution in [0.15, 0.2) is 72.8 Å². The van der Waals surface area contributed by atoms with Crippen LogP contribution in [-0.4, -0.2) is 24.9 Å². The van der Waals surface area contributed by atoms with E-state index in [1.54, 1.807) is 7.11 Å². The Kier molecular flexibility index (Phi) is 8.56. The molecule has 3 heteroatoms. The van der Waals surface area contributed by atoms with Gasteiger partial charge in [0.05, 0.1) is 25.4 Å². The summed E-state index contributed by atoms with van der Waals surface area (Å²) in [5.74, 6) is 0.422. The van der Waals surface area contributed by atoms with Crippen molar-refractivity contribution in [2.24, 2.45) is 11.8 Å². The molecule has 0 aromatic heterocycles. The lowest BCUT2D eigenvalue weighted by Crippen LogP contribution is -2.30. The Balaban J connectivity index is 1.84. The third-order valence-corrected chi connectivity index (χ3v) is 4.58. The minimum atomic E-state index is -0.596. The van der Waals surface area contributed by atoms with Gasteiger partial charge in [-0.25, -0.2) is 0 Å². The Morgan fingerprint density at radius 3 is 2.15 bits per heavy atom. The molecule has 140 valence electrons. The smallest absolute Gasteiger partial charge is 0.0971 e. The van der Waals surface area contributed by atoms with Crippen molar-refractivity contribution in [1.82, 2.24) is 0 Å². The van der Waals surface area contributed by atoms with Crippen LogP contribution in [0.2, 0.25) is 0 Å². The van der Waals surface area contributed by atoms with Gasteiger partial charge in [-0.15, -0.1) is 0 Å². The number of rotatable bonds is 10. The molecule has 2 rings (SSSR count). The van der Waals surface area contributed by atoms with Crippen LogP contribution in [0.1, 0.15) is 31.1 Å². The van der Waals surface area contributed by atoms with Crippen LogP contribution in [0.25, 0.3) is 0 Å². The van der Waals surface area contributed by atoms with Crippen molar-refractivity contribution in [3.63, 3.8) is 0 Å². The minimum absolute atomic E-state index is 0.0324. The van der Waals surface area contributed by atoms with Gasteiger partial charge in [-0.3, -0.25) is 0 Å². The number of aliphatic hydroxyl groups excluding tert-OH is 1. The highest BCUT2D eigenvalue weighted by molar-refractivity contribution is 5.21. The Labute approximate surface area is 157 Å². The molecule has 1 N–H and O–H groups in total. The fourth-order valence-electron chi connectivity index (χ4n) is 3.15. The fourth-order valence-corrected chi connectivity index (χ4v) is 3.15. The SMILES string of the molecule is CO[C@H]([C@H](C)/C=C/[C@@H](O)c1ccccc1)[C@@H](C)COCc1ccccc1. The predicted molar refractivity (Wildman–Crippen MR) is 106 cm³/mol. The van der Waals surface area contributed by atoms with E-state index < -0.39 is 6.10 Å². The molecule has 4 atom stereocenters. The molecule has 0 radical (unpaired) electrons. The standard InChI is InChI=1S/C23H30O3/c1-18(14-15-22(24)21-12-8-5-9-13-21)23(25-3)19(2)16-26-17-20-10-6-4-7-11-20/h4-15,18-19,22-24H,16-17H2,1-3H3/b15-14+/t18-,19+,22-,23-/m1/s1. The lowest BCUT2D eigenvalue weighted by molar-refractivity contribution is -0.0134. The van der Waals surface area contributed by atoms with Crippen LogP contribution in [0.5, 0.6) is 0 Å². The summed E-state index contributed by atoms with van der Waals surface area (Å²) in [7, 11) is 1.73. The monoisotopic (exact) mass is 354 g/mol. The van der Waals surface area contributed by atoms with E-state index in [0.717, 1.165) is 5.56 Å². The van der Waals surface area contributed by atoms with Crippen LogP contribution in [0, 0.1) is 11.8 Å². The summed E-state index contributed by atoms with van der Waals surface area (Å²) in [5.41, 5.74) is 2.07. The maximum absolute atomic E-state index is 10.3. The van der Waals surface area contributed by atoms with Crippen molar-refractivity contribution in [1.29, 1.82) is 0 Å². The largest absolute Gasteiger partial charge is 0.384 e. The van der Waals surface area contributed by atoms with Crippen LogP contribution >= 0.6 is 0 Å². The van der Waals surface area contributed by atoms with E-state index in [2.05, 4.69) is 26.0 Å². The zero-order valence-corrected chi connectivity index (χ0v) is 15.9. The van der Waals surface area contributed by atoms with E-state index in [9.17, 15) is 5.11 Å². The van der Waals surface area contributed by atoms with Gasteiger partial charge < -0.3 is 14.6 Å². The molecule has 26 heavy (non-hydrogen) atoms. The summed E-state index contributed by atoms with van der Waals surface area (Å²) < 4.78 is 11.6. The molecular formula is C23H30O3. The first-order valence-corrected chi connectivity index (χ1v) is 9.17. The number of hydrogen-bond acceptors (Lipinski definition) is 3. The Hall–Kier alpha value is -1.94. The quantitative estimate of drug-likeness (QED) is 0.624. The molecule has 0 aliphatic heterocycles. The normalized spacial score (nSPS) is 16.3. The van der Waals surface area contributed by atoms with Gasteiger partial charge in [0.15, 0.2) is 0 Å². The minimum Gasteiger partial charge on any atom is -0.384 e. The van der Waals surface area contributed by atoms with Crippen molar-refractivity contribution in [2.45, 2.75) is 32.7 Å². The van der Waals surface area contributed by atoms with Crippen molar-refractivity contribution in [3.8, 4) is 0 Å². The van der Waals surface area contributed by atoms with Crippen LogP contribution in [0.4, 0.5) is 0 Å². The number of benzene rings is 2. The average molecular weight is 354 g/mol. The summed E-state index contributed by atoms with van der Waals surface area (Å²) in [5, 5.41) is 10.3. The molecular weight excluding hydrogens is 324 g/mol. The van der Waals surface area contributed by atoms with Crippen LogP contribution in [0.3, 0.4) is 0 Å². The van der Waals surface area contributed by atoms with Gasteiger partial charge in [0.1, 0.15) is 0 Å². The second-order valence-corrected chi connectivity index (χ2v) is 6.78. The maximum atomic E-state index is 10.3. The highest BCUT2D eigenvalue weighted by atomic mass is 16.5. The molecule has 0 unspecified atom stereocenters. The lowest BCUT2D eigenvalue weighted by atomic mass is 9.92. The molecule has 0 aliphatic carbocycles. The zero-order chi connectivity index (χ0) is 18.8. The van der Waals surface area contributed by atoms with E-state index in [1.807, 2.05) is 60.7 Å². The van der Waals surface area contributed by atoms with E-state index in [1.165, 1.54) is 5.56 Å². The Bertz CT molecular complexity index is 639. The fraction of sp³-hybridized carbons (Fsp3) is 0.391. The van der Waals surface area contributed by atoms with Gasteiger partial charge >= 0.3 is 0 Å². The van der Waals surface area contributed by atoms with E-state index in [-0.39, 0.29) is 17.9 Å². The molecule has 2 aromatic carbocycles. The Morgan fingerprint density at radius 2 is 1.54 bits per heavy atom. The van der Waals surface area contributed by atoms with E-state index in [4.69, 9.17) is 9.47 Å². The highest BCUT2D eigenvalue weighted by Crippen LogP contribution is 2.21. The summed E-state index contributed by atoms with van der Waals surface area (Å²) in [6.45, 7) is 5.48. The summed E-state index contributed by atoms with van der Waals surface area (Å²) in [6, 6.07) is 19.8. The first-order valence-electron chi connectivity index (χ1n) is 9.17. The molecule has 3 nitrogen and oxygen atoms in total. The van der Waals surface area contributed by atoms with Gasteiger partial charge in [0, 0.05) is 18.9 Å². The zero-order valence-electron chi connectivity index (χ0n) is 15.9. The molecule has 0 spiro atoms. The molecule has 0 heterocycles. The van der Waals surface area contributed by atoms with Crippen molar-refractivity contribution >= 4 is 0 Å². The van der Waals surface area contributed by atoms with Gasteiger partial charge in [0.25, 0.3) is 0 Å². The maximum Gasteiger partial charge on any atom is 0.0971 e. The lowest BCUT2D eigenvalue weighted by Gasteiger charge is -2.26. The molecule has 0 bridgehead atoms. The first kappa shape index (κ1) is 20.4. The van der Waals surface area contributed by atoms with Crippen molar-refractivity contribution < 1.29 is 14.6 Å². The van der Waals surface area contributed by atoms with Crippen molar-refractivity contribution in [3.05, 3.63) is 83.9 Å². The third-order valence-electron chi connectivity index (χ3n) is 4.58. The first-order chi connectivity index (χ1) is 12.6. The molecule has 2 aromatic rings. The van der Waals surface area contributed by atoms with Crippen molar-refractivity contribution in [2.75, 3.05) is 13.7 Å². The van der Waals surface area contributed by atoms with Crippen LogP contribution in [-0.2, 0) is 16.1 Å². The average Bonchev–Trinajstić information content (AvgIpc) is 2.68. The summed E-state index contributed by atoms with van der Waals surface area (Å²) >= 11 is 0. The topological polar surface area (TPSA) is 38.7 Å². The number of aliphatic hydroxyl groups is 1. The number of methoxy groups -OCH3 is 1. The molecule has 0 aliphatic rings. The molecule has 0 amide bonds. The molecule has 0 saturated carbocycles. The summed E-state index contributed by atoms with van der Waals surface area (Å²) in [6.07, 6.45) is 3.30.